The van der Waals surface area contributed by atoms with Gasteiger partial charge in [-0.15, -0.1) is 0 Å². The first-order valence-corrected chi connectivity index (χ1v) is 3.20. The van der Waals surface area contributed by atoms with Gasteiger partial charge in [-0.3, -0.25) is 0 Å². The molecule has 0 saturated heterocycles. The molecule has 0 aromatic carbocycles. The van der Waals surface area contributed by atoms with Gasteiger partial charge in [0.05, 0.1) is 0 Å². The van der Waals surface area contributed by atoms with E-state index in [1.165, 1.54) is 0 Å². The Kier molecular flexibility index (Phi) is 10.3. The molecule has 5 heavy (non-hydrogen) atoms. The summed E-state index contributed by atoms with van der Waals surface area (Å²) in [5.74, 6) is 0. The maximum absolute atomic E-state index is 8.68. The Morgan fingerprint density at radius 1 is 1.40 bits per heavy atom. The van der Waals surface area contributed by atoms with Crippen molar-refractivity contribution in [3.05, 3.63) is 0 Å². The van der Waals surface area contributed by atoms with E-state index in [0.717, 1.165) is 0 Å². The summed E-state index contributed by atoms with van der Waals surface area (Å²) in [4.78, 5) is 0. The van der Waals surface area contributed by atoms with E-state index in [0.29, 0.717) is 0 Å². The molecule has 0 aliphatic rings. The third kappa shape index (κ3) is 32.9. The van der Waals surface area contributed by atoms with Gasteiger partial charge in [0.2, 0.25) is 0 Å². The van der Waals surface area contributed by atoms with E-state index in [9.17, 15) is 0 Å². The van der Waals surface area contributed by atoms with Crippen LogP contribution in [-0.2, 0) is 22.4 Å². The van der Waals surface area contributed by atoms with Crippen LogP contribution in [0.5, 0.6) is 0 Å². The van der Waals surface area contributed by atoms with Gasteiger partial charge in [0.15, 0.2) is 0 Å². The third-order valence-electron chi connectivity index (χ3n) is 0. The van der Waals surface area contributed by atoms with E-state index in [1.807, 2.05) is 0 Å². The molecule has 37 valence electrons. The van der Waals surface area contributed by atoms with E-state index in [2.05, 4.69) is 0 Å². The second kappa shape index (κ2) is 5.35. The molecule has 0 amide bonds. The average molecular weight is 284 g/mol. The molecular weight excluding hydrogens is 283 g/mol. The fourth-order valence-electron chi connectivity index (χ4n) is 0. The summed E-state index contributed by atoms with van der Waals surface area (Å²) in [6.07, 6.45) is 0. The monoisotopic (exact) mass is 283 g/mol. The first-order valence-electron chi connectivity index (χ1n) is 0.478. The Bertz CT molecular complexity index is 11.6. The summed E-state index contributed by atoms with van der Waals surface area (Å²) >= 11 is -3.76. The van der Waals surface area contributed by atoms with Crippen molar-refractivity contribution in [1.82, 2.24) is 0 Å². The van der Waals surface area contributed by atoms with Gasteiger partial charge in [0.1, 0.15) is 0 Å². The van der Waals surface area contributed by atoms with Crippen LogP contribution in [0.3, 0.4) is 0 Å². The van der Waals surface area contributed by atoms with E-state index in [-0.39, 0.29) is 22.4 Å². The SMILES string of the molecule is [Ag].[O-][I+2]([O-])O. The first-order chi connectivity index (χ1) is 1.73. The quantitative estimate of drug-likeness (QED) is 0.356. The molecular formula is HAgIO3. The number of hydrogen-bond donors (Lipinski definition) is 1. The average Bonchev–Trinajstić information content (AvgIpc) is 0.811. The Morgan fingerprint density at radius 3 is 1.40 bits per heavy atom. The second-order valence-electron chi connectivity index (χ2n) is 0.201. The Morgan fingerprint density at radius 2 is 1.40 bits per heavy atom. The van der Waals surface area contributed by atoms with Crippen molar-refractivity contribution in [1.29, 1.82) is 0 Å². The van der Waals surface area contributed by atoms with Crippen LogP contribution in [0.4, 0.5) is 0 Å². The molecule has 0 heterocycles. The number of rotatable bonds is 0. The second-order valence-corrected chi connectivity index (χ2v) is 1.35. The maximum Gasteiger partial charge on any atom is 0.503 e. The molecule has 0 aromatic rings. The molecule has 1 radical (unpaired) electrons. The summed E-state index contributed by atoms with van der Waals surface area (Å²) < 4.78 is 24.5. The van der Waals surface area contributed by atoms with Gasteiger partial charge in [-0.25, -0.2) is 0 Å². The molecule has 0 aliphatic carbocycles. The van der Waals surface area contributed by atoms with Gasteiger partial charge >= 0.3 is 21.1 Å². The van der Waals surface area contributed by atoms with Crippen LogP contribution in [0.15, 0.2) is 0 Å². The number of halogens is 1. The molecule has 0 rings (SSSR count). The molecule has 0 aliphatic heterocycles. The van der Waals surface area contributed by atoms with E-state index >= 15 is 0 Å². The fraction of sp³-hybridized carbons (Fsp3) is 0. The molecule has 0 saturated carbocycles. The third-order valence-corrected chi connectivity index (χ3v) is 0. The summed E-state index contributed by atoms with van der Waals surface area (Å²) in [7, 11) is 0. The zero-order chi connectivity index (χ0) is 3.58. The van der Waals surface area contributed by atoms with Gasteiger partial charge in [-0.2, -0.15) is 0 Å². The summed E-state index contributed by atoms with van der Waals surface area (Å²) in [6, 6.07) is 0. The molecule has 0 aromatic heterocycles. The molecule has 5 heteroatoms. The van der Waals surface area contributed by atoms with Crippen LogP contribution in [0, 0.1) is 0 Å². The van der Waals surface area contributed by atoms with Crippen LogP contribution in [0.2, 0.25) is 0 Å². The molecule has 0 fully saturated rings. The van der Waals surface area contributed by atoms with Gasteiger partial charge < -0.3 is 6.87 Å². The van der Waals surface area contributed by atoms with Crippen LogP contribution in [0.1, 0.15) is 0 Å². The Labute approximate surface area is 53.6 Å². The first kappa shape index (κ1) is 9.61. The minimum Gasteiger partial charge on any atom is -0.396 e. The van der Waals surface area contributed by atoms with Crippen molar-refractivity contribution in [2.45, 2.75) is 0 Å². The largest absolute Gasteiger partial charge is 0.503 e. The summed E-state index contributed by atoms with van der Waals surface area (Å²) in [5, 5.41) is 0. The van der Waals surface area contributed by atoms with Crippen LogP contribution >= 0.6 is 0 Å². The summed E-state index contributed by atoms with van der Waals surface area (Å²) in [6.45, 7) is 0. The van der Waals surface area contributed by atoms with Crippen molar-refractivity contribution in [2.24, 2.45) is 0 Å². The van der Waals surface area contributed by atoms with E-state index in [1.54, 1.807) is 0 Å². The van der Waals surface area contributed by atoms with Crippen LogP contribution in [0.25, 0.3) is 0 Å². The minimum atomic E-state index is -3.76. The predicted molar refractivity (Wildman–Crippen MR) is 2.22 cm³/mol. The van der Waals surface area contributed by atoms with Gasteiger partial charge in [-0.05, 0) is 3.44 Å². The molecule has 0 unspecified atom stereocenters. The van der Waals surface area contributed by atoms with Crippen molar-refractivity contribution in [3.8, 4) is 0 Å². The van der Waals surface area contributed by atoms with Crippen LogP contribution < -0.4 is 27.9 Å². The Balaban J connectivity index is 0. The minimum absolute atomic E-state index is 0. The van der Waals surface area contributed by atoms with Crippen molar-refractivity contribution < 1.29 is 53.8 Å². The molecule has 0 spiro atoms. The topological polar surface area (TPSA) is 66.3 Å². The predicted octanol–water partition coefficient (Wildman–Crippen LogP) is -5.93. The number of hydrogen-bond acceptors (Lipinski definition) is 3. The smallest absolute Gasteiger partial charge is 0.396 e. The van der Waals surface area contributed by atoms with Gasteiger partial charge in [0, 0.05) is 22.4 Å². The van der Waals surface area contributed by atoms with Crippen molar-refractivity contribution >= 4 is 0 Å². The normalized spacial score (nSPS) is 7.20. The van der Waals surface area contributed by atoms with Gasteiger partial charge in [0.25, 0.3) is 0 Å². The van der Waals surface area contributed by atoms with E-state index < -0.39 is 21.1 Å². The van der Waals surface area contributed by atoms with Gasteiger partial charge in [-0.1, -0.05) is 0 Å². The molecule has 0 bridgehead atoms. The zero-order valence-electron chi connectivity index (χ0n) is 1.94. The zero-order valence-corrected chi connectivity index (χ0v) is 5.58. The molecule has 3 nitrogen and oxygen atoms in total. The maximum atomic E-state index is 8.68. The molecule has 1 N–H and O–H groups in total. The van der Waals surface area contributed by atoms with E-state index in [4.69, 9.17) is 10.3 Å². The molecule has 0 atom stereocenters. The standard InChI is InChI=1S/Ag.HIO3/c;2-1(3)4/h;2H. The fourth-order valence-corrected chi connectivity index (χ4v) is 0. The van der Waals surface area contributed by atoms with Crippen LogP contribution in [-0.4, -0.2) is 3.44 Å². The Hall–Kier alpha value is 1.35. The van der Waals surface area contributed by atoms with Crippen molar-refractivity contribution in [2.75, 3.05) is 0 Å². The summed E-state index contributed by atoms with van der Waals surface area (Å²) in [5.41, 5.74) is 0. The van der Waals surface area contributed by atoms with Crippen molar-refractivity contribution in [3.63, 3.8) is 0 Å².